The van der Waals surface area contributed by atoms with Crippen molar-refractivity contribution in [2.45, 2.75) is 0 Å². The highest BCUT2D eigenvalue weighted by molar-refractivity contribution is 6.15. The van der Waals surface area contributed by atoms with Crippen LogP contribution in [0.5, 0.6) is 28.7 Å². The summed E-state index contributed by atoms with van der Waals surface area (Å²) in [6, 6.07) is 3.44. The number of fused-ring (bicyclic) bond motifs is 3. The van der Waals surface area contributed by atoms with E-state index in [0.717, 1.165) is 12.1 Å². The van der Waals surface area contributed by atoms with Gasteiger partial charge in [0.15, 0.2) is 11.5 Å². The molecule has 0 bridgehead atoms. The molecule has 2 aromatic carbocycles. The summed E-state index contributed by atoms with van der Waals surface area (Å²) in [7, 11) is 0. The number of aromatic hydroxyl groups is 5. The molecule has 0 aliphatic carbocycles. The van der Waals surface area contributed by atoms with Gasteiger partial charge in [0.25, 0.3) is 0 Å². The first-order valence-corrected chi connectivity index (χ1v) is 5.10. The van der Waals surface area contributed by atoms with Crippen LogP contribution in [0, 0.1) is 0 Å². The molecule has 0 aliphatic rings. The number of aromatic amines is 1. The molecule has 0 atom stereocenters. The Hall–Kier alpha value is -2.76. The van der Waals surface area contributed by atoms with E-state index >= 15 is 0 Å². The minimum absolute atomic E-state index is 0.0972. The second-order valence-electron chi connectivity index (χ2n) is 4.03. The Morgan fingerprint density at radius 2 is 1.44 bits per heavy atom. The lowest BCUT2D eigenvalue weighted by molar-refractivity contribution is 0.402. The van der Waals surface area contributed by atoms with Crippen LogP contribution in [0.1, 0.15) is 0 Å². The second-order valence-corrected chi connectivity index (χ2v) is 4.03. The third-order valence-electron chi connectivity index (χ3n) is 2.87. The molecule has 1 aromatic heterocycles. The van der Waals surface area contributed by atoms with Crippen LogP contribution in [0.25, 0.3) is 21.8 Å². The number of nitrogens with one attached hydrogen (secondary N) is 1. The molecule has 0 aliphatic heterocycles. The number of phenolic OH excluding ortho intramolecular Hbond substituents is 5. The standard InChI is InChI=1S/C12H9NO5/c14-4-1-5-9(6(15)2-4)10-11(13-5)7(16)3-8(17)12(10)18/h1-3,13-18H. The van der Waals surface area contributed by atoms with Crippen LogP contribution < -0.4 is 0 Å². The van der Waals surface area contributed by atoms with Gasteiger partial charge in [0, 0.05) is 18.2 Å². The van der Waals surface area contributed by atoms with E-state index in [1.54, 1.807) is 0 Å². The zero-order valence-electron chi connectivity index (χ0n) is 8.97. The Labute approximate surface area is 100.0 Å². The zero-order chi connectivity index (χ0) is 13.0. The SMILES string of the molecule is Oc1cc(O)c2c(c1)[nH]c1c(O)cc(O)c(O)c12. The zero-order valence-corrected chi connectivity index (χ0v) is 8.97. The van der Waals surface area contributed by atoms with Crippen LogP contribution in [0.2, 0.25) is 0 Å². The Morgan fingerprint density at radius 3 is 2.17 bits per heavy atom. The Balaban J connectivity index is 2.66. The Morgan fingerprint density at radius 1 is 0.722 bits per heavy atom. The molecule has 0 saturated carbocycles. The summed E-state index contributed by atoms with van der Waals surface area (Å²) in [4.78, 5) is 2.75. The van der Waals surface area contributed by atoms with Crippen molar-refractivity contribution in [3.63, 3.8) is 0 Å². The summed E-state index contributed by atoms with van der Waals surface area (Å²) < 4.78 is 0. The monoisotopic (exact) mass is 247 g/mol. The van der Waals surface area contributed by atoms with Crippen molar-refractivity contribution >= 4 is 21.8 Å². The summed E-state index contributed by atoms with van der Waals surface area (Å²) in [5.41, 5.74) is 0.500. The topological polar surface area (TPSA) is 117 Å². The largest absolute Gasteiger partial charge is 0.508 e. The molecular formula is C12H9NO5. The van der Waals surface area contributed by atoms with Crippen LogP contribution in [0.15, 0.2) is 18.2 Å². The molecule has 1 heterocycles. The van der Waals surface area contributed by atoms with Crippen molar-refractivity contribution in [2.75, 3.05) is 0 Å². The molecule has 0 unspecified atom stereocenters. The molecule has 0 amide bonds. The van der Waals surface area contributed by atoms with Crippen molar-refractivity contribution in [3.8, 4) is 28.7 Å². The van der Waals surface area contributed by atoms with Gasteiger partial charge in [-0.05, 0) is 0 Å². The predicted molar refractivity (Wildman–Crippen MR) is 64.1 cm³/mol. The number of H-pyrrole nitrogens is 1. The summed E-state index contributed by atoms with van der Waals surface area (Å²) in [5.74, 6) is -1.63. The maximum Gasteiger partial charge on any atom is 0.168 e. The van der Waals surface area contributed by atoms with E-state index in [9.17, 15) is 25.5 Å². The molecule has 0 fully saturated rings. The fourth-order valence-corrected chi connectivity index (χ4v) is 2.12. The summed E-state index contributed by atoms with van der Waals surface area (Å²) in [6.07, 6.45) is 0. The molecule has 0 radical (unpaired) electrons. The van der Waals surface area contributed by atoms with Gasteiger partial charge in [-0.2, -0.15) is 0 Å². The molecule has 6 N–H and O–H groups in total. The van der Waals surface area contributed by atoms with Gasteiger partial charge in [-0.3, -0.25) is 0 Å². The van der Waals surface area contributed by atoms with E-state index in [1.807, 2.05) is 0 Å². The molecule has 6 heteroatoms. The van der Waals surface area contributed by atoms with Gasteiger partial charge in [0.05, 0.1) is 21.8 Å². The third kappa shape index (κ3) is 1.17. The molecule has 92 valence electrons. The van der Waals surface area contributed by atoms with Crippen LogP contribution in [0.4, 0.5) is 0 Å². The second kappa shape index (κ2) is 3.13. The number of hydrogen-bond donors (Lipinski definition) is 6. The highest BCUT2D eigenvalue weighted by atomic mass is 16.3. The average Bonchev–Trinajstić information content (AvgIpc) is 2.66. The number of aromatic nitrogens is 1. The van der Waals surface area contributed by atoms with E-state index in [1.165, 1.54) is 6.07 Å². The Bertz CT molecular complexity index is 790. The van der Waals surface area contributed by atoms with Crippen LogP contribution in [0.3, 0.4) is 0 Å². The number of phenols is 5. The van der Waals surface area contributed by atoms with Crippen molar-refractivity contribution in [1.82, 2.24) is 4.98 Å². The van der Waals surface area contributed by atoms with Crippen LogP contribution in [-0.2, 0) is 0 Å². The lowest BCUT2D eigenvalue weighted by atomic mass is 10.1. The van der Waals surface area contributed by atoms with E-state index < -0.39 is 11.5 Å². The Kier molecular flexibility index (Phi) is 1.81. The quantitative estimate of drug-likeness (QED) is 0.268. The minimum Gasteiger partial charge on any atom is -0.508 e. The maximum atomic E-state index is 9.81. The van der Waals surface area contributed by atoms with Gasteiger partial charge in [-0.15, -0.1) is 0 Å². The van der Waals surface area contributed by atoms with Gasteiger partial charge in [0.1, 0.15) is 17.2 Å². The van der Waals surface area contributed by atoms with E-state index in [-0.39, 0.29) is 33.5 Å². The first kappa shape index (κ1) is 10.4. The number of rotatable bonds is 0. The van der Waals surface area contributed by atoms with Gasteiger partial charge >= 0.3 is 0 Å². The normalized spacial score (nSPS) is 11.3. The van der Waals surface area contributed by atoms with Gasteiger partial charge in [0.2, 0.25) is 0 Å². The molecule has 18 heavy (non-hydrogen) atoms. The first-order chi connectivity index (χ1) is 8.49. The maximum absolute atomic E-state index is 9.81. The molecule has 6 nitrogen and oxygen atoms in total. The molecule has 3 rings (SSSR count). The minimum atomic E-state index is -0.492. The van der Waals surface area contributed by atoms with Gasteiger partial charge in [-0.25, -0.2) is 0 Å². The van der Waals surface area contributed by atoms with Crippen LogP contribution >= 0.6 is 0 Å². The van der Waals surface area contributed by atoms with E-state index in [0.29, 0.717) is 5.52 Å². The molecular weight excluding hydrogens is 238 g/mol. The first-order valence-electron chi connectivity index (χ1n) is 5.10. The lowest BCUT2D eigenvalue weighted by Crippen LogP contribution is -1.75. The molecule has 0 saturated heterocycles. The summed E-state index contributed by atoms with van der Waals surface area (Å²) >= 11 is 0. The number of benzene rings is 2. The molecule has 0 spiro atoms. The summed E-state index contributed by atoms with van der Waals surface area (Å²) in [5, 5.41) is 48.4. The van der Waals surface area contributed by atoms with Crippen molar-refractivity contribution in [2.24, 2.45) is 0 Å². The number of hydrogen-bond acceptors (Lipinski definition) is 5. The smallest absolute Gasteiger partial charge is 0.168 e. The molecule has 3 aromatic rings. The van der Waals surface area contributed by atoms with Gasteiger partial charge in [-0.1, -0.05) is 0 Å². The van der Waals surface area contributed by atoms with Crippen molar-refractivity contribution in [3.05, 3.63) is 18.2 Å². The summed E-state index contributed by atoms with van der Waals surface area (Å²) in [6.45, 7) is 0. The average molecular weight is 247 g/mol. The fourth-order valence-electron chi connectivity index (χ4n) is 2.12. The van der Waals surface area contributed by atoms with Gasteiger partial charge < -0.3 is 30.5 Å². The van der Waals surface area contributed by atoms with Crippen molar-refractivity contribution < 1.29 is 25.5 Å². The fraction of sp³-hybridized carbons (Fsp3) is 0. The van der Waals surface area contributed by atoms with Crippen LogP contribution in [-0.4, -0.2) is 30.5 Å². The van der Waals surface area contributed by atoms with E-state index in [2.05, 4.69) is 4.98 Å². The predicted octanol–water partition coefficient (Wildman–Crippen LogP) is 1.85. The highest BCUT2D eigenvalue weighted by Gasteiger charge is 2.18. The lowest BCUT2D eigenvalue weighted by Gasteiger charge is -2.02. The van der Waals surface area contributed by atoms with Crippen molar-refractivity contribution in [1.29, 1.82) is 0 Å². The third-order valence-corrected chi connectivity index (χ3v) is 2.87. The van der Waals surface area contributed by atoms with E-state index in [4.69, 9.17) is 0 Å². The highest BCUT2D eigenvalue weighted by Crippen LogP contribution is 2.46.